The van der Waals surface area contributed by atoms with Crippen LogP contribution in [0.2, 0.25) is 0 Å². The lowest BCUT2D eigenvalue weighted by atomic mass is 10.0. The van der Waals surface area contributed by atoms with Crippen molar-refractivity contribution in [3.8, 4) is 0 Å². The molecule has 7 heteroatoms. The van der Waals surface area contributed by atoms with Crippen LogP contribution in [-0.4, -0.2) is 22.2 Å². The first-order chi connectivity index (χ1) is 7.91. The molecule has 1 rings (SSSR count). The van der Waals surface area contributed by atoms with Crippen LogP contribution in [0.15, 0.2) is 12.1 Å². The summed E-state index contributed by atoms with van der Waals surface area (Å²) < 4.78 is 0. The first kappa shape index (κ1) is 13.9. The molecule has 0 fully saturated rings. The number of halogens is 1. The van der Waals surface area contributed by atoms with Crippen LogP contribution in [0.3, 0.4) is 0 Å². The summed E-state index contributed by atoms with van der Waals surface area (Å²) in [6, 6.07) is 2.77. The van der Waals surface area contributed by atoms with Gasteiger partial charge in [0.15, 0.2) is 0 Å². The molecule has 0 bridgehead atoms. The largest absolute Gasteiger partial charge is 0.345 e. The van der Waals surface area contributed by atoms with E-state index in [9.17, 15) is 14.9 Å². The number of nitrogens with one attached hydrogen (secondary N) is 1. The summed E-state index contributed by atoms with van der Waals surface area (Å²) in [6.45, 7) is 3.75. The van der Waals surface area contributed by atoms with Gasteiger partial charge in [0.2, 0.25) is 0 Å². The van der Waals surface area contributed by atoms with Crippen LogP contribution >= 0.6 is 22.9 Å². The standard InChI is InChI=1S/C10H13ClN2O3S/c1-3-10(2,6-11)12-9(14)7-4-5-8(17-7)13(15)16/h4-5H,3,6H2,1-2H3,(H,12,14). The molecule has 1 unspecified atom stereocenters. The molecule has 94 valence electrons. The summed E-state index contributed by atoms with van der Waals surface area (Å²) in [7, 11) is 0. The second kappa shape index (κ2) is 5.46. The number of carbonyl (C=O) groups is 1. The monoisotopic (exact) mass is 276 g/mol. The highest BCUT2D eigenvalue weighted by Gasteiger charge is 2.25. The third-order valence-corrected chi connectivity index (χ3v) is 4.11. The van der Waals surface area contributed by atoms with E-state index in [1.165, 1.54) is 12.1 Å². The number of hydrogen-bond donors (Lipinski definition) is 1. The summed E-state index contributed by atoms with van der Waals surface area (Å²) in [4.78, 5) is 22.1. The maximum absolute atomic E-state index is 11.8. The molecule has 0 aliphatic carbocycles. The molecular weight excluding hydrogens is 264 g/mol. The summed E-state index contributed by atoms with van der Waals surface area (Å²) in [5.74, 6) is -0.0315. The molecule has 0 radical (unpaired) electrons. The smallest absolute Gasteiger partial charge is 0.324 e. The molecule has 0 aromatic carbocycles. The fourth-order valence-corrected chi connectivity index (χ4v) is 2.07. The Morgan fingerprint density at radius 2 is 2.29 bits per heavy atom. The Kier molecular flexibility index (Phi) is 4.47. The van der Waals surface area contributed by atoms with Crippen LogP contribution < -0.4 is 5.32 Å². The lowest BCUT2D eigenvalue weighted by Crippen LogP contribution is -2.46. The lowest BCUT2D eigenvalue weighted by molar-refractivity contribution is -0.380. The molecule has 0 saturated carbocycles. The molecule has 0 saturated heterocycles. The first-order valence-corrected chi connectivity index (χ1v) is 6.39. The van der Waals surface area contributed by atoms with Crippen molar-refractivity contribution in [2.45, 2.75) is 25.8 Å². The van der Waals surface area contributed by atoms with E-state index in [4.69, 9.17) is 11.6 Å². The Labute approximate surface area is 108 Å². The zero-order valence-corrected chi connectivity index (χ0v) is 11.1. The van der Waals surface area contributed by atoms with Gasteiger partial charge in [0.1, 0.15) is 0 Å². The summed E-state index contributed by atoms with van der Waals surface area (Å²) >= 11 is 6.63. The second-order valence-corrected chi connectivity index (χ2v) is 5.23. The molecule has 5 nitrogen and oxygen atoms in total. The molecule has 0 aliphatic heterocycles. The average Bonchev–Trinajstić information content (AvgIpc) is 2.78. The summed E-state index contributed by atoms with van der Waals surface area (Å²) in [6.07, 6.45) is 0.690. The number of alkyl halides is 1. The molecule has 0 spiro atoms. The van der Waals surface area contributed by atoms with Crippen LogP contribution in [0.4, 0.5) is 5.00 Å². The maximum atomic E-state index is 11.8. The van der Waals surface area contributed by atoms with Crippen molar-refractivity contribution >= 4 is 33.8 Å². The van der Waals surface area contributed by atoms with E-state index in [1.54, 1.807) is 0 Å². The Balaban J connectivity index is 2.79. The average molecular weight is 277 g/mol. The number of rotatable bonds is 5. The van der Waals surface area contributed by atoms with Gasteiger partial charge in [0.05, 0.1) is 15.3 Å². The van der Waals surface area contributed by atoms with Crippen LogP contribution in [-0.2, 0) is 0 Å². The lowest BCUT2D eigenvalue weighted by Gasteiger charge is -2.26. The number of nitrogens with zero attached hydrogens (tertiary/aromatic N) is 1. The highest BCUT2D eigenvalue weighted by Crippen LogP contribution is 2.24. The molecule has 1 atom stereocenters. The minimum Gasteiger partial charge on any atom is -0.345 e. The molecule has 0 aliphatic rings. The number of carbonyl (C=O) groups excluding carboxylic acids is 1. The van der Waals surface area contributed by atoms with Crippen LogP contribution in [0.1, 0.15) is 29.9 Å². The first-order valence-electron chi connectivity index (χ1n) is 5.04. The van der Waals surface area contributed by atoms with Crippen LogP contribution in [0, 0.1) is 10.1 Å². The Hall–Kier alpha value is -1.14. The highest BCUT2D eigenvalue weighted by atomic mass is 35.5. The number of thiophene rings is 1. The van der Waals surface area contributed by atoms with Gasteiger partial charge in [0.25, 0.3) is 5.91 Å². The topological polar surface area (TPSA) is 72.2 Å². The molecule has 1 heterocycles. The van der Waals surface area contributed by atoms with Crippen molar-refractivity contribution in [1.82, 2.24) is 5.32 Å². The van der Waals surface area contributed by atoms with Gasteiger partial charge in [0, 0.05) is 11.9 Å². The normalized spacial score (nSPS) is 14.1. The SMILES string of the molecule is CCC(C)(CCl)NC(=O)c1ccc([N+](=O)[O-])s1. The molecule has 1 aromatic rings. The molecular formula is C10H13ClN2O3S. The van der Waals surface area contributed by atoms with E-state index in [1.807, 2.05) is 13.8 Å². The Morgan fingerprint density at radius 3 is 2.71 bits per heavy atom. The minimum atomic E-state index is -0.512. The maximum Gasteiger partial charge on any atom is 0.324 e. The van der Waals surface area contributed by atoms with E-state index in [0.29, 0.717) is 17.2 Å². The molecule has 17 heavy (non-hydrogen) atoms. The van der Waals surface area contributed by atoms with Gasteiger partial charge in [-0.15, -0.1) is 11.6 Å². The number of nitro groups is 1. The van der Waals surface area contributed by atoms with Crippen molar-refractivity contribution < 1.29 is 9.72 Å². The van der Waals surface area contributed by atoms with Gasteiger partial charge in [-0.05, 0) is 19.4 Å². The fraction of sp³-hybridized carbons (Fsp3) is 0.500. The van der Waals surface area contributed by atoms with Crippen molar-refractivity contribution in [2.75, 3.05) is 5.88 Å². The molecule has 1 N–H and O–H groups in total. The van der Waals surface area contributed by atoms with Crippen molar-refractivity contribution in [3.05, 3.63) is 27.1 Å². The minimum absolute atomic E-state index is 0.0424. The number of hydrogen-bond acceptors (Lipinski definition) is 4. The van der Waals surface area contributed by atoms with Crippen molar-refractivity contribution in [1.29, 1.82) is 0 Å². The van der Waals surface area contributed by atoms with Gasteiger partial charge in [-0.25, -0.2) is 0 Å². The predicted molar refractivity (Wildman–Crippen MR) is 67.9 cm³/mol. The van der Waals surface area contributed by atoms with E-state index < -0.39 is 10.5 Å². The van der Waals surface area contributed by atoms with Gasteiger partial charge in [-0.1, -0.05) is 18.3 Å². The summed E-state index contributed by atoms with van der Waals surface area (Å²) in [5, 5.41) is 13.2. The molecule has 1 aromatic heterocycles. The van der Waals surface area contributed by atoms with Crippen molar-refractivity contribution in [2.24, 2.45) is 0 Å². The van der Waals surface area contributed by atoms with Gasteiger partial charge in [-0.2, -0.15) is 0 Å². The van der Waals surface area contributed by atoms with Gasteiger partial charge < -0.3 is 5.32 Å². The highest BCUT2D eigenvalue weighted by molar-refractivity contribution is 7.17. The Bertz CT molecular complexity index is 429. The fourth-order valence-electron chi connectivity index (χ4n) is 1.10. The predicted octanol–water partition coefficient (Wildman–Crippen LogP) is 2.79. The second-order valence-electron chi connectivity index (χ2n) is 3.90. The van der Waals surface area contributed by atoms with Crippen LogP contribution in [0.5, 0.6) is 0 Å². The van der Waals surface area contributed by atoms with E-state index >= 15 is 0 Å². The zero-order chi connectivity index (χ0) is 13.1. The molecule has 1 amide bonds. The Morgan fingerprint density at radius 1 is 1.65 bits per heavy atom. The zero-order valence-electron chi connectivity index (χ0n) is 9.53. The van der Waals surface area contributed by atoms with E-state index in [0.717, 1.165) is 11.3 Å². The van der Waals surface area contributed by atoms with Gasteiger partial charge in [-0.3, -0.25) is 14.9 Å². The summed E-state index contributed by atoms with van der Waals surface area (Å²) in [5.41, 5.74) is -0.489. The van der Waals surface area contributed by atoms with E-state index in [2.05, 4.69) is 5.32 Å². The van der Waals surface area contributed by atoms with Crippen molar-refractivity contribution in [3.63, 3.8) is 0 Å². The van der Waals surface area contributed by atoms with Crippen LogP contribution in [0.25, 0.3) is 0 Å². The van der Waals surface area contributed by atoms with E-state index in [-0.39, 0.29) is 10.9 Å². The third kappa shape index (κ3) is 3.41. The number of amides is 1. The quantitative estimate of drug-likeness (QED) is 0.511. The van der Waals surface area contributed by atoms with Gasteiger partial charge >= 0.3 is 5.00 Å². The third-order valence-electron chi connectivity index (χ3n) is 2.49.